The van der Waals surface area contributed by atoms with Crippen LogP contribution in [0.4, 0.5) is 0 Å². The molecule has 0 spiro atoms. The number of hydrogen-bond donors (Lipinski definition) is 0. The fourth-order valence-corrected chi connectivity index (χ4v) is 3.63. The minimum absolute atomic E-state index is 0.0380. The third-order valence-corrected chi connectivity index (χ3v) is 5.12. The minimum Gasteiger partial charge on any atom is -0.477 e. The van der Waals surface area contributed by atoms with Gasteiger partial charge in [0.25, 0.3) is 0 Å². The first-order valence-corrected chi connectivity index (χ1v) is 8.72. The Balaban J connectivity index is 1.40. The number of ether oxygens (including phenoxy) is 2. The summed E-state index contributed by atoms with van der Waals surface area (Å²) in [7, 11) is 0. The van der Waals surface area contributed by atoms with Crippen LogP contribution in [0.15, 0.2) is 22.9 Å². The molecule has 0 bridgehead atoms. The number of fused-ring (bicyclic) bond motifs is 1. The van der Waals surface area contributed by atoms with E-state index in [1.807, 2.05) is 11.0 Å². The van der Waals surface area contributed by atoms with Crippen LogP contribution in [-0.2, 0) is 16.0 Å². The topological polar surface area (TPSA) is 114 Å². The first-order chi connectivity index (χ1) is 13.1. The van der Waals surface area contributed by atoms with Crippen molar-refractivity contribution in [3.05, 3.63) is 35.6 Å². The second kappa shape index (κ2) is 6.96. The van der Waals surface area contributed by atoms with Crippen molar-refractivity contribution in [2.24, 2.45) is 11.3 Å². The standard InChI is InChI=1S/C18H19N5O4/c1-12-21-16(27-22-12)4-17(24)23-7-14-8-25-10-18(14,9-23)11-26-15-3-2-13(5-19)6-20-15/h2-3,6,14H,4,7-11H2,1H3/t14-,18+/m1/s1. The summed E-state index contributed by atoms with van der Waals surface area (Å²) in [5.74, 6) is 1.48. The largest absolute Gasteiger partial charge is 0.477 e. The smallest absolute Gasteiger partial charge is 0.236 e. The van der Waals surface area contributed by atoms with Crippen molar-refractivity contribution < 1.29 is 18.8 Å². The van der Waals surface area contributed by atoms with Gasteiger partial charge in [-0.3, -0.25) is 4.79 Å². The SMILES string of the molecule is Cc1noc(CC(=O)N2C[C@@H]3COC[C@]3(COc3ccc(C#N)cn3)C2)n1. The van der Waals surface area contributed by atoms with Gasteiger partial charge < -0.3 is 18.9 Å². The highest BCUT2D eigenvalue weighted by atomic mass is 16.5. The molecule has 0 N–H and O–H groups in total. The minimum atomic E-state index is -0.254. The number of amides is 1. The van der Waals surface area contributed by atoms with E-state index in [-0.39, 0.29) is 23.7 Å². The maximum Gasteiger partial charge on any atom is 0.236 e. The molecular weight excluding hydrogens is 350 g/mol. The second-order valence-electron chi connectivity index (χ2n) is 7.05. The Labute approximate surface area is 155 Å². The van der Waals surface area contributed by atoms with Crippen molar-refractivity contribution in [3.8, 4) is 11.9 Å². The van der Waals surface area contributed by atoms with E-state index in [0.717, 1.165) is 0 Å². The first kappa shape index (κ1) is 17.4. The summed E-state index contributed by atoms with van der Waals surface area (Å²) in [6.07, 6.45) is 1.58. The lowest BCUT2D eigenvalue weighted by atomic mass is 9.82. The number of rotatable bonds is 5. The van der Waals surface area contributed by atoms with Crippen LogP contribution >= 0.6 is 0 Å². The van der Waals surface area contributed by atoms with Gasteiger partial charge in [-0.2, -0.15) is 10.2 Å². The average Bonchev–Trinajstić information content (AvgIpc) is 3.34. The summed E-state index contributed by atoms with van der Waals surface area (Å²) in [4.78, 5) is 22.7. The van der Waals surface area contributed by atoms with Crippen LogP contribution in [0.25, 0.3) is 0 Å². The molecule has 2 atom stereocenters. The molecule has 2 aliphatic heterocycles. The molecule has 4 heterocycles. The van der Waals surface area contributed by atoms with E-state index in [1.165, 1.54) is 6.20 Å². The van der Waals surface area contributed by atoms with E-state index >= 15 is 0 Å². The lowest BCUT2D eigenvalue weighted by molar-refractivity contribution is -0.130. The van der Waals surface area contributed by atoms with Gasteiger partial charge in [-0.1, -0.05) is 5.16 Å². The van der Waals surface area contributed by atoms with Gasteiger partial charge in [0.05, 0.1) is 30.8 Å². The number of pyridine rings is 1. The summed E-state index contributed by atoms with van der Waals surface area (Å²) in [5, 5.41) is 12.6. The molecule has 2 aromatic heterocycles. The quantitative estimate of drug-likeness (QED) is 0.758. The fraction of sp³-hybridized carbons (Fsp3) is 0.500. The van der Waals surface area contributed by atoms with Gasteiger partial charge in [0.2, 0.25) is 17.7 Å². The van der Waals surface area contributed by atoms with Crippen molar-refractivity contribution in [2.75, 3.05) is 32.9 Å². The van der Waals surface area contributed by atoms with Gasteiger partial charge in [0.1, 0.15) is 12.5 Å². The maximum absolute atomic E-state index is 12.6. The van der Waals surface area contributed by atoms with E-state index in [1.54, 1.807) is 19.1 Å². The number of aromatic nitrogens is 3. The van der Waals surface area contributed by atoms with Gasteiger partial charge in [-0.25, -0.2) is 4.98 Å². The molecule has 4 rings (SSSR count). The number of carbonyl (C=O) groups is 1. The van der Waals surface area contributed by atoms with Gasteiger partial charge in [0, 0.05) is 31.3 Å². The monoisotopic (exact) mass is 369 g/mol. The molecular formula is C18H19N5O4. The molecule has 0 saturated carbocycles. The van der Waals surface area contributed by atoms with E-state index in [2.05, 4.69) is 15.1 Å². The second-order valence-corrected chi connectivity index (χ2v) is 7.05. The number of likely N-dealkylation sites (tertiary alicyclic amines) is 1. The molecule has 2 aliphatic rings. The third-order valence-electron chi connectivity index (χ3n) is 5.12. The lowest BCUT2D eigenvalue weighted by Gasteiger charge is -2.26. The molecule has 9 nitrogen and oxygen atoms in total. The van der Waals surface area contributed by atoms with Crippen molar-refractivity contribution in [1.82, 2.24) is 20.0 Å². The van der Waals surface area contributed by atoms with E-state index in [9.17, 15) is 4.79 Å². The number of nitrogens with zero attached hydrogens (tertiary/aromatic N) is 5. The predicted octanol–water partition coefficient (Wildman–Crippen LogP) is 0.741. The summed E-state index contributed by atoms with van der Waals surface area (Å²) >= 11 is 0. The van der Waals surface area contributed by atoms with Crippen molar-refractivity contribution in [3.63, 3.8) is 0 Å². The Bertz CT molecular complexity index is 875. The Morgan fingerprint density at radius 2 is 2.41 bits per heavy atom. The summed E-state index contributed by atoms with van der Waals surface area (Å²) in [6.45, 7) is 4.44. The molecule has 140 valence electrons. The van der Waals surface area contributed by atoms with Gasteiger partial charge in [0.15, 0.2) is 5.82 Å². The first-order valence-electron chi connectivity index (χ1n) is 8.72. The number of carbonyl (C=O) groups excluding carboxylic acids is 1. The van der Waals surface area contributed by atoms with Gasteiger partial charge >= 0.3 is 0 Å². The zero-order valence-corrected chi connectivity index (χ0v) is 14.9. The van der Waals surface area contributed by atoms with Crippen LogP contribution in [0.5, 0.6) is 5.88 Å². The molecule has 2 saturated heterocycles. The van der Waals surface area contributed by atoms with Crippen LogP contribution in [-0.4, -0.2) is 58.8 Å². The summed E-state index contributed by atoms with van der Waals surface area (Å²) in [6, 6.07) is 5.37. The number of nitriles is 1. The molecule has 0 aliphatic carbocycles. The Hall–Kier alpha value is -2.99. The fourth-order valence-electron chi connectivity index (χ4n) is 3.63. The zero-order valence-electron chi connectivity index (χ0n) is 14.9. The highest BCUT2D eigenvalue weighted by Crippen LogP contribution is 2.41. The molecule has 1 amide bonds. The highest BCUT2D eigenvalue weighted by molar-refractivity contribution is 5.78. The van der Waals surface area contributed by atoms with Crippen LogP contribution in [0.1, 0.15) is 17.3 Å². The van der Waals surface area contributed by atoms with Crippen LogP contribution in [0.3, 0.4) is 0 Å². The third kappa shape index (κ3) is 3.48. The highest BCUT2D eigenvalue weighted by Gasteiger charge is 2.52. The van der Waals surface area contributed by atoms with Crippen molar-refractivity contribution in [2.45, 2.75) is 13.3 Å². The number of aryl methyl sites for hydroxylation is 1. The van der Waals surface area contributed by atoms with Crippen LogP contribution in [0.2, 0.25) is 0 Å². The van der Waals surface area contributed by atoms with Crippen LogP contribution in [0, 0.1) is 29.6 Å². The van der Waals surface area contributed by atoms with Gasteiger partial charge in [-0.15, -0.1) is 0 Å². The maximum atomic E-state index is 12.6. The Kier molecular flexibility index (Phi) is 4.49. The van der Waals surface area contributed by atoms with Gasteiger partial charge in [-0.05, 0) is 13.0 Å². The number of hydrogen-bond acceptors (Lipinski definition) is 8. The predicted molar refractivity (Wildman–Crippen MR) is 90.5 cm³/mol. The van der Waals surface area contributed by atoms with E-state index < -0.39 is 0 Å². The molecule has 0 radical (unpaired) electrons. The molecule has 2 fully saturated rings. The molecule has 0 unspecified atom stereocenters. The van der Waals surface area contributed by atoms with Crippen LogP contribution < -0.4 is 4.74 Å². The van der Waals surface area contributed by atoms with Crippen molar-refractivity contribution >= 4 is 5.91 Å². The van der Waals surface area contributed by atoms with Crippen molar-refractivity contribution in [1.29, 1.82) is 5.26 Å². The lowest BCUT2D eigenvalue weighted by Crippen LogP contribution is -2.38. The molecule has 2 aromatic rings. The Morgan fingerprint density at radius 3 is 3.11 bits per heavy atom. The average molecular weight is 369 g/mol. The normalized spacial score (nSPS) is 23.9. The molecule has 9 heteroatoms. The van der Waals surface area contributed by atoms with E-state index in [4.69, 9.17) is 19.3 Å². The Morgan fingerprint density at radius 1 is 1.52 bits per heavy atom. The summed E-state index contributed by atoms with van der Waals surface area (Å²) in [5.41, 5.74) is 0.229. The summed E-state index contributed by atoms with van der Waals surface area (Å²) < 4.78 is 16.6. The molecule has 0 aromatic carbocycles. The molecule has 27 heavy (non-hydrogen) atoms. The zero-order chi connectivity index (χ0) is 18.9. The van der Waals surface area contributed by atoms with E-state index in [0.29, 0.717) is 56.1 Å².